The van der Waals surface area contributed by atoms with Crippen LogP contribution in [0.15, 0.2) is 48.5 Å². The average Bonchev–Trinajstić information content (AvgIpc) is 3.13. The van der Waals surface area contributed by atoms with E-state index in [9.17, 15) is 14.4 Å². The fraction of sp³-hybridized carbons (Fsp3) is 0.318. The van der Waals surface area contributed by atoms with E-state index in [-0.39, 0.29) is 24.1 Å². The van der Waals surface area contributed by atoms with Crippen LogP contribution < -0.4 is 20.3 Å². The van der Waals surface area contributed by atoms with E-state index in [2.05, 4.69) is 10.6 Å². The van der Waals surface area contributed by atoms with E-state index in [0.717, 1.165) is 12.0 Å². The van der Waals surface area contributed by atoms with Gasteiger partial charge in [0.1, 0.15) is 5.75 Å². The second-order valence-corrected chi connectivity index (χ2v) is 6.95. The summed E-state index contributed by atoms with van der Waals surface area (Å²) in [6, 6.07) is 14.2. The number of ether oxygens (including phenoxy) is 1. The summed E-state index contributed by atoms with van der Waals surface area (Å²) in [6.07, 6.45) is 1.45. The molecule has 1 fully saturated rings. The molecule has 2 N–H and O–H groups in total. The van der Waals surface area contributed by atoms with Crippen molar-refractivity contribution in [3.8, 4) is 5.75 Å². The van der Waals surface area contributed by atoms with Crippen molar-refractivity contribution in [2.45, 2.75) is 32.2 Å². The molecule has 1 saturated heterocycles. The van der Waals surface area contributed by atoms with E-state index in [1.165, 1.54) is 14.0 Å². The van der Waals surface area contributed by atoms with Crippen molar-refractivity contribution in [1.82, 2.24) is 5.32 Å². The molecule has 1 aliphatic heterocycles. The molecule has 0 spiro atoms. The zero-order valence-corrected chi connectivity index (χ0v) is 16.6. The third kappa shape index (κ3) is 5.13. The van der Waals surface area contributed by atoms with Gasteiger partial charge in [-0.05, 0) is 24.1 Å². The molecule has 0 aromatic heterocycles. The number of methoxy groups -OCH3 is 1. The molecule has 152 valence electrons. The molecule has 7 nitrogen and oxygen atoms in total. The number of hydrogen-bond acceptors (Lipinski definition) is 4. The molecule has 2 aromatic rings. The van der Waals surface area contributed by atoms with Gasteiger partial charge < -0.3 is 20.3 Å². The predicted octanol–water partition coefficient (Wildman–Crippen LogP) is 3.03. The summed E-state index contributed by atoms with van der Waals surface area (Å²) >= 11 is 0. The van der Waals surface area contributed by atoms with Crippen LogP contribution in [-0.2, 0) is 14.4 Å². The normalized spacial score (nSPS) is 14.4. The number of nitrogens with one attached hydrogen (secondary N) is 2. The number of nitrogens with zero attached hydrogens (tertiary/aromatic N) is 1. The highest BCUT2D eigenvalue weighted by Gasteiger charge is 2.25. The zero-order valence-electron chi connectivity index (χ0n) is 16.6. The Labute approximate surface area is 170 Å². The van der Waals surface area contributed by atoms with Crippen molar-refractivity contribution in [2.75, 3.05) is 23.9 Å². The smallest absolute Gasteiger partial charge is 0.227 e. The molecule has 7 heteroatoms. The van der Waals surface area contributed by atoms with Gasteiger partial charge in [0.2, 0.25) is 17.7 Å². The van der Waals surface area contributed by atoms with E-state index in [4.69, 9.17) is 4.74 Å². The fourth-order valence-electron chi connectivity index (χ4n) is 3.46. The third-order valence-electron chi connectivity index (χ3n) is 4.80. The maximum absolute atomic E-state index is 12.6. The van der Waals surface area contributed by atoms with Crippen LogP contribution in [-0.4, -0.2) is 31.4 Å². The fourth-order valence-corrected chi connectivity index (χ4v) is 3.46. The molecule has 0 aliphatic carbocycles. The quantitative estimate of drug-likeness (QED) is 0.754. The largest absolute Gasteiger partial charge is 0.494 e. The van der Waals surface area contributed by atoms with Crippen molar-refractivity contribution in [3.05, 3.63) is 54.1 Å². The molecule has 1 unspecified atom stereocenters. The number of hydrogen-bond donors (Lipinski definition) is 2. The summed E-state index contributed by atoms with van der Waals surface area (Å²) in [5.41, 5.74) is 2.13. The number of carbonyl (C=O) groups excluding carboxylic acids is 3. The molecule has 0 radical (unpaired) electrons. The summed E-state index contributed by atoms with van der Waals surface area (Å²) < 4.78 is 5.43. The highest BCUT2D eigenvalue weighted by Crippen LogP contribution is 2.34. The lowest BCUT2D eigenvalue weighted by molar-refractivity contribution is -0.120. The lowest BCUT2D eigenvalue weighted by atomic mass is 10.0. The molecule has 2 aromatic carbocycles. The number of benzene rings is 2. The van der Waals surface area contributed by atoms with Gasteiger partial charge in [-0.2, -0.15) is 0 Å². The number of anilines is 2. The van der Waals surface area contributed by atoms with Crippen LogP contribution in [0, 0.1) is 0 Å². The maximum atomic E-state index is 12.6. The van der Waals surface area contributed by atoms with Crippen molar-refractivity contribution < 1.29 is 19.1 Å². The van der Waals surface area contributed by atoms with Gasteiger partial charge >= 0.3 is 0 Å². The Morgan fingerprint density at radius 3 is 2.55 bits per heavy atom. The minimum atomic E-state index is -0.419. The Morgan fingerprint density at radius 2 is 1.93 bits per heavy atom. The Morgan fingerprint density at radius 1 is 1.17 bits per heavy atom. The molecular weight excluding hydrogens is 370 g/mol. The lowest BCUT2D eigenvalue weighted by Gasteiger charge is -2.20. The zero-order chi connectivity index (χ0) is 20.8. The van der Waals surface area contributed by atoms with Crippen molar-refractivity contribution in [3.63, 3.8) is 0 Å². The minimum absolute atomic E-state index is 0.0705. The van der Waals surface area contributed by atoms with Gasteiger partial charge in [0.05, 0.1) is 25.3 Å². The summed E-state index contributed by atoms with van der Waals surface area (Å²) in [6.45, 7) is 2.09. The Hall–Kier alpha value is -3.35. The first-order valence-electron chi connectivity index (χ1n) is 9.58. The molecule has 1 aliphatic rings. The molecule has 3 amide bonds. The van der Waals surface area contributed by atoms with Crippen molar-refractivity contribution in [1.29, 1.82) is 0 Å². The van der Waals surface area contributed by atoms with Crippen LogP contribution in [0.1, 0.15) is 37.8 Å². The predicted molar refractivity (Wildman–Crippen MR) is 111 cm³/mol. The van der Waals surface area contributed by atoms with Crippen LogP contribution in [0.3, 0.4) is 0 Å². The van der Waals surface area contributed by atoms with Crippen LogP contribution in [0.5, 0.6) is 5.75 Å². The lowest BCUT2D eigenvalue weighted by Crippen LogP contribution is -2.29. The monoisotopic (exact) mass is 395 g/mol. The van der Waals surface area contributed by atoms with Gasteiger partial charge in [-0.1, -0.05) is 30.3 Å². The minimum Gasteiger partial charge on any atom is -0.494 e. The molecule has 0 saturated carbocycles. The Kier molecular flexibility index (Phi) is 6.49. The second-order valence-electron chi connectivity index (χ2n) is 6.95. The topological polar surface area (TPSA) is 87.7 Å². The van der Waals surface area contributed by atoms with Crippen LogP contribution in [0.25, 0.3) is 0 Å². The second kappa shape index (κ2) is 9.23. The summed E-state index contributed by atoms with van der Waals surface area (Å²) in [7, 11) is 1.53. The van der Waals surface area contributed by atoms with Gasteiger partial charge in [-0.25, -0.2) is 0 Å². The first-order chi connectivity index (χ1) is 14.0. The molecule has 29 heavy (non-hydrogen) atoms. The van der Waals surface area contributed by atoms with E-state index >= 15 is 0 Å². The van der Waals surface area contributed by atoms with Gasteiger partial charge in [0.25, 0.3) is 0 Å². The van der Waals surface area contributed by atoms with Gasteiger partial charge in [-0.15, -0.1) is 0 Å². The summed E-state index contributed by atoms with van der Waals surface area (Å²) in [4.78, 5) is 37.9. The van der Waals surface area contributed by atoms with Crippen LogP contribution in [0.2, 0.25) is 0 Å². The first kappa shape index (κ1) is 20.4. The highest BCUT2D eigenvalue weighted by atomic mass is 16.5. The molecular formula is C22H25N3O4. The molecule has 3 rings (SSSR count). The van der Waals surface area contributed by atoms with Gasteiger partial charge in [-0.3, -0.25) is 14.4 Å². The van der Waals surface area contributed by atoms with Crippen molar-refractivity contribution >= 4 is 29.1 Å². The first-order valence-corrected chi connectivity index (χ1v) is 9.58. The maximum Gasteiger partial charge on any atom is 0.227 e. The van der Waals surface area contributed by atoms with Crippen molar-refractivity contribution in [2.24, 2.45) is 0 Å². The van der Waals surface area contributed by atoms with Crippen LogP contribution in [0.4, 0.5) is 11.4 Å². The highest BCUT2D eigenvalue weighted by molar-refractivity contribution is 5.98. The SMILES string of the molecule is COc1cc(NC(=O)CC(NC(C)=O)c2ccccc2)ccc1N1CCCC1=O. The van der Waals surface area contributed by atoms with Gasteiger partial charge in [0, 0.05) is 31.6 Å². The average molecular weight is 395 g/mol. The number of carbonyl (C=O) groups is 3. The van der Waals surface area contributed by atoms with E-state index < -0.39 is 6.04 Å². The van der Waals surface area contributed by atoms with E-state index in [1.807, 2.05) is 30.3 Å². The molecule has 0 bridgehead atoms. The molecule has 1 atom stereocenters. The van der Waals surface area contributed by atoms with E-state index in [0.29, 0.717) is 30.1 Å². The standard InChI is InChI=1S/C22H25N3O4/c1-15(26)23-18(16-7-4-3-5-8-16)14-21(27)24-17-10-11-19(20(13-17)29-2)25-12-6-9-22(25)28/h3-5,7-8,10-11,13,18H,6,9,12,14H2,1-2H3,(H,23,26)(H,24,27). The molecule has 1 heterocycles. The van der Waals surface area contributed by atoms with E-state index in [1.54, 1.807) is 23.1 Å². The Bertz CT molecular complexity index is 898. The van der Waals surface area contributed by atoms with Gasteiger partial charge in [0.15, 0.2) is 0 Å². The number of amides is 3. The Balaban J connectivity index is 1.72. The summed E-state index contributed by atoms with van der Waals surface area (Å²) in [5, 5.41) is 5.66. The third-order valence-corrected chi connectivity index (χ3v) is 4.80. The van der Waals surface area contributed by atoms with Crippen LogP contribution >= 0.6 is 0 Å². The summed E-state index contributed by atoms with van der Waals surface area (Å²) in [5.74, 6) is 0.160. The number of rotatable bonds is 7.